The molecule has 0 radical (unpaired) electrons. The number of hydrogen-bond donors (Lipinski definition) is 0. The fraction of sp³-hybridized carbons (Fsp3) is 0.462. The van der Waals surface area contributed by atoms with Gasteiger partial charge in [0, 0.05) is 16.5 Å². The van der Waals surface area contributed by atoms with Gasteiger partial charge in [-0.15, -0.1) is 11.6 Å². The molecule has 0 heterocycles. The van der Waals surface area contributed by atoms with Crippen molar-refractivity contribution in [3.8, 4) is 0 Å². The van der Waals surface area contributed by atoms with Crippen molar-refractivity contribution in [1.29, 1.82) is 0 Å². The Morgan fingerprint density at radius 1 is 1.41 bits per heavy atom. The number of hydrogen-bond acceptors (Lipinski definition) is 3. The van der Waals surface area contributed by atoms with E-state index in [-0.39, 0.29) is 15.9 Å². The Morgan fingerprint density at radius 3 is 2.82 bits per heavy atom. The van der Waals surface area contributed by atoms with Gasteiger partial charge in [-0.1, -0.05) is 24.3 Å². The molecular weight excluding hydrogens is 256 g/mol. The zero-order chi connectivity index (χ0) is 12.0. The molecule has 1 aromatic rings. The van der Waals surface area contributed by atoms with Crippen LogP contribution in [-0.4, -0.2) is 23.0 Å². The first-order valence-corrected chi connectivity index (χ1v) is 7.01. The third-order valence-electron chi connectivity index (χ3n) is 3.77. The normalized spacial score (nSPS) is 33.5. The maximum absolute atomic E-state index is 11.4. The van der Waals surface area contributed by atoms with Crippen molar-refractivity contribution in [1.82, 2.24) is 0 Å². The fourth-order valence-corrected chi connectivity index (χ4v) is 4.92. The van der Waals surface area contributed by atoms with Crippen LogP contribution >= 0.6 is 23.4 Å². The molecule has 0 aliphatic heterocycles. The molecule has 0 aromatic heterocycles. The van der Waals surface area contributed by atoms with Crippen molar-refractivity contribution in [3.05, 3.63) is 35.4 Å². The van der Waals surface area contributed by atoms with Gasteiger partial charge >= 0.3 is 5.30 Å². The summed E-state index contributed by atoms with van der Waals surface area (Å²) in [4.78, 5) is 11.4. The van der Waals surface area contributed by atoms with Gasteiger partial charge < -0.3 is 4.74 Å². The van der Waals surface area contributed by atoms with Crippen LogP contribution in [-0.2, 0) is 4.74 Å². The maximum atomic E-state index is 11.4. The summed E-state index contributed by atoms with van der Waals surface area (Å²) in [5.41, 5.74) is 2.70. The molecule has 2 bridgehead atoms. The van der Waals surface area contributed by atoms with E-state index in [9.17, 15) is 4.79 Å². The lowest BCUT2D eigenvalue weighted by Gasteiger charge is -2.18. The Labute approximate surface area is 110 Å². The Bertz CT molecular complexity index is 462. The molecule has 0 N–H and O–H groups in total. The van der Waals surface area contributed by atoms with Crippen LogP contribution in [0.25, 0.3) is 0 Å². The summed E-state index contributed by atoms with van der Waals surface area (Å²) in [5.74, 6) is 0.699. The highest BCUT2D eigenvalue weighted by Gasteiger charge is 2.51. The minimum Gasteiger partial charge on any atom is -0.461 e. The van der Waals surface area contributed by atoms with Crippen molar-refractivity contribution in [2.45, 2.75) is 28.9 Å². The van der Waals surface area contributed by atoms with Crippen LogP contribution in [0.4, 0.5) is 4.79 Å². The summed E-state index contributed by atoms with van der Waals surface area (Å²) in [6.45, 7) is 0. The molecule has 1 saturated carbocycles. The Kier molecular flexibility index (Phi) is 2.83. The summed E-state index contributed by atoms with van der Waals surface area (Å²) >= 11 is 7.69. The lowest BCUT2D eigenvalue weighted by Crippen LogP contribution is -2.14. The van der Waals surface area contributed by atoms with E-state index in [0.29, 0.717) is 11.8 Å². The van der Waals surface area contributed by atoms with E-state index >= 15 is 0 Å². The van der Waals surface area contributed by atoms with Gasteiger partial charge in [0.05, 0.1) is 7.11 Å². The highest BCUT2D eigenvalue weighted by atomic mass is 35.5. The average Bonchev–Trinajstić information content (AvgIpc) is 2.81. The third kappa shape index (κ3) is 1.67. The largest absolute Gasteiger partial charge is 0.461 e. The quantitative estimate of drug-likeness (QED) is 0.573. The summed E-state index contributed by atoms with van der Waals surface area (Å²) in [5, 5.41) is 0.197. The van der Waals surface area contributed by atoms with Gasteiger partial charge in [-0.05, 0) is 35.2 Å². The first kappa shape index (κ1) is 11.4. The molecule has 4 heteroatoms. The lowest BCUT2D eigenvalue weighted by molar-refractivity contribution is 0.200. The van der Waals surface area contributed by atoms with Crippen molar-refractivity contribution in [2.24, 2.45) is 0 Å². The number of rotatable bonds is 1. The van der Waals surface area contributed by atoms with Crippen LogP contribution < -0.4 is 0 Å². The molecule has 2 nitrogen and oxygen atoms in total. The number of methoxy groups -OCH3 is 1. The number of benzene rings is 1. The summed E-state index contributed by atoms with van der Waals surface area (Å²) in [6, 6.07) is 8.40. The maximum Gasteiger partial charge on any atom is 0.367 e. The molecule has 3 rings (SSSR count). The summed E-state index contributed by atoms with van der Waals surface area (Å²) in [6.07, 6.45) is 0.970. The Balaban J connectivity index is 1.94. The van der Waals surface area contributed by atoms with E-state index in [0.717, 1.165) is 6.42 Å². The zero-order valence-electron chi connectivity index (χ0n) is 9.43. The van der Waals surface area contributed by atoms with E-state index in [1.54, 1.807) is 0 Å². The van der Waals surface area contributed by atoms with E-state index in [4.69, 9.17) is 16.3 Å². The number of fused-ring (bicyclic) bond motifs is 5. The number of carbonyl (C=O) groups excluding carboxylic acids is 1. The molecular formula is C13H13ClO2S. The van der Waals surface area contributed by atoms with Gasteiger partial charge in [0.25, 0.3) is 0 Å². The molecule has 4 atom stereocenters. The smallest absolute Gasteiger partial charge is 0.367 e. The molecule has 0 saturated heterocycles. The van der Waals surface area contributed by atoms with E-state index in [2.05, 4.69) is 18.2 Å². The van der Waals surface area contributed by atoms with Crippen LogP contribution in [0.15, 0.2) is 24.3 Å². The SMILES string of the molecule is COC(=O)SC1C2CC(Cl)C1c1ccccc12. The second kappa shape index (κ2) is 4.21. The summed E-state index contributed by atoms with van der Waals surface area (Å²) < 4.78 is 4.75. The predicted octanol–water partition coefficient (Wildman–Crippen LogP) is 3.75. The molecule has 0 amide bonds. The van der Waals surface area contributed by atoms with E-state index < -0.39 is 0 Å². The highest BCUT2D eigenvalue weighted by molar-refractivity contribution is 8.13. The van der Waals surface area contributed by atoms with E-state index in [1.807, 2.05) is 6.07 Å². The third-order valence-corrected chi connectivity index (χ3v) is 5.48. The van der Waals surface area contributed by atoms with Crippen LogP contribution in [0.3, 0.4) is 0 Å². The topological polar surface area (TPSA) is 26.3 Å². The Morgan fingerprint density at radius 2 is 2.12 bits per heavy atom. The first-order valence-electron chi connectivity index (χ1n) is 5.70. The van der Waals surface area contributed by atoms with Gasteiger partial charge in [0.2, 0.25) is 0 Å². The Hall–Kier alpha value is -0.670. The highest BCUT2D eigenvalue weighted by Crippen LogP contribution is 2.59. The number of thioether (sulfide) groups is 1. The molecule has 1 aromatic carbocycles. The molecule has 2 aliphatic carbocycles. The average molecular weight is 269 g/mol. The predicted molar refractivity (Wildman–Crippen MR) is 70.0 cm³/mol. The lowest BCUT2D eigenvalue weighted by atomic mass is 9.92. The minimum absolute atomic E-state index is 0.150. The second-order valence-electron chi connectivity index (χ2n) is 4.55. The first-order chi connectivity index (χ1) is 8.22. The van der Waals surface area contributed by atoms with Crippen molar-refractivity contribution >= 4 is 28.7 Å². The van der Waals surface area contributed by atoms with E-state index in [1.165, 1.54) is 30.0 Å². The van der Waals surface area contributed by atoms with Crippen LogP contribution in [0.1, 0.15) is 29.4 Å². The van der Waals surface area contributed by atoms with Crippen molar-refractivity contribution < 1.29 is 9.53 Å². The monoisotopic (exact) mass is 268 g/mol. The van der Waals surface area contributed by atoms with Crippen molar-refractivity contribution in [3.63, 3.8) is 0 Å². The number of carbonyl (C=O) groups is 1. The fourth-order valence-electron chi connectivity index (χ4n) is 3.12. The standard InChI is InChI=1S/C13H13ClO2S/c1-16-13(15)17-12-9-6-10(14)11(12)8-5-3-2-4-7(8)9/h2-5,9-12H,6H2,1H3. The number of ether oxygens (including phenoxy) is 1. The van der Waals surface area contributed by atoms with Gasteiger partial charge in [0.15, 0.2) is 0 Å². The number of alkyl halides is 1. The molecule has 90 valence electrons. The zero-order valence-corrected chi connectivity index (χ0v) is 11.0. The molecule has 2 aliphatic rings. The van der Waals surface area contributed by atoms with Gasteiger partial charge in [-0.2, -0.15) is 0 Å². The molecule has 1 fully saturated rings. The molecule has 0 spiro atoms. The van der Waals surface area contributed by atoms with Crippen LogP contribution in [0, 0.1) is 0 Å². The summed E-state index contributed by atoms with van der Waals surface area (Å²) in [7, 11) is 1.43. The van der Waals surface area contributed by atoms with Gasteiger partial charge in [0.1, 0.15) is 0 Å². The second-order valence-corrected chi connectivity index (χ2v) is 6.22. The van der Waals surface area contributed by atoms with Crippen LogP contribution in [0.2, 0.25) is 0 Å². The molecule has 17 heavy (non-hydrogen) atoms. The van der Waals surface area contributed by atoms with Crippen LogP contribution in [0.5, 0.6) is 0 Å². The number of halogens is 1. The van der Waals surface area contributed by atoms with Crippen molar-refractivity contribution in [2.75, 3.05) is 7.11 Å². The van der Waals surface area contributed by atoms with Gasteiger partial charge in [-0.3, -0.25) is 0 Å². The van der Waals surface area contributed by atoms with Gasteiger partial charge in [-0.25, -0.2) is 4.79 Å². The molecule has 4 unspecified atom stereocenters. The minimum atomic E-state index is -0.205.